The predicted octanol–water partition coefficient (Wildman–Crippen LogP) is 18.8. The van der Waals surface area contributed by atoms with Crippen LogP contribution in [0.1, 0.15) is 11.1 Å². The summed E-state index contributed by atoms with van der Waals surface area (Å²) in [6.45, 7) is 0. The first-order valence-corrected chi connectivity index (χ1v) is 31.3. The van der Waals surface area contributed by atoms with Crippen molar-refractivity contribution in [3.8, 4) is 137 Å². The lowest BCUT2D eigenvalue weighted by Gasteiger charge is -2.18. The first kappa shape index (κ1) is 56.2. The van der Waals surface area contributed by atoms with Crippen LogP contribution in [0.3, 0.4) is 0 Å². The predicted molar refractivity (Wildman–Crippen MR) is 379 cm³/mol. The maximum atomic E-state index is 10.8. The van der Waals surface area contributed by atoms with E-state index in [4.69, 9.17) is 44.9 Å². The third-order valence-corrected chi connectivity index (χ3v) is 17.4. The van der Waals surface area contributed by atoms with Gasteiger partial charge in [-0.3, -0.25) is 0 Å². The average molecular weight is 1230 g/mol. The maximum absolute atomic E-state index is 10.8. The number of fused-ring (bicyclic) bond motifs is 6. The summed E-state index contributed by atoms with van der Waals surface area (Å²) in [5, 5.41) is 24.6. The van der Waals surface area contributed by atoms with Gasteiger partial charge in [-0.1, -0.05) is 206 Å². The quantitative estimate of drug-likeness (QED) is 0.114. The molecule has 0 saturated carbocycles. The summed E-state index contributed by atoms with van der Waals surface area (Å²) in [4.78, 5) is 46.8. The summed E-state index contributed by atoms with van der Waals surface area (Å²) in [7, 11) is 0. The van der Waals surface area contributed by atoms with E-state index in [0.29, 0.717) is 74.7 Å². The lowest BCUT2D eigenvalue weighted by Crippen LogP contribution is -2.06. The molecular formula is C83H49N13. The summed E-state index contributed by atoms with van der Waals surface area (Å²) >= 11 is 0. The van der Waals surface area contributed by atoms with E-state index in [2.05, 4.69) is 112 Å². The van der Waals surface area contributed by atoms with Crippen molar-refractivity contribution in [2.45, 2.75) is 0 Å². The second kappa shape index (κ2) is 23.8. The van der Waals surface area contributed by atoms with Crippen molar-refractivity contribution in [1.29, 1.82) is 10.5 Å². The maximum Gasteiger partial charge on any atom is 0.166 e. The summed E-state index contributed by atoms with van der Waals surface area (Å²) in [5.74, 6) is 4.56. The van der Waals surface area contributed by atoms with Gasteiger partial charge in [0.15, 0.2) is 52.4 Å². The van der Waals surface area contributed by atoms with Crippen LogP contribution in [0, 0.1) is 22.7 Å². The summed E-state index contributed by atoms with van der Waals surface area (Å²) in [6, 6.07) is 104. The molecule has 0 unspecified atom stereocenters. The molecule has 0 saturated heterocycles. The molecule has 0 fully saturated rings. The van der Waals surface area contributed by atoms with E-state index < -0.39 is 0 Å². The van der Waals surface area contributed by atoms with Crippen LogP contribution in [0.2, 0.25) is 0 Å². The Hall–Kier alpha value is -13.8. The van der Waals surface area contributed by atoms with Crippen LogP contribution in [0.15, 0.2) is 297 Å². The molecule has 0 N–H and O–H groups in total. The molecule has 17 aromatic rings. The molecule has 13 nitrogen and oxygen atoms in total. The smallest absolute Gasteiger partial charge is 0.166 e. The molecule has 12 aromatic carbocycles. The summed E-state index contributed by atoms with van der Waals surface area (Å²) in [6.07, 6.45) is 0. The lowest BCUT2D eigenvalue weighted by molar-refractivity contribution is 1.06. The van der Waals surface area contributed by atoms with Gasteiger partial charge in [0.2, 0.25) is 0 Å². The fraction of sp³-hybridized carbons (Fsp3) is 0. The highest BCUT2D eigenvalue weighted by molar-refractivity contribution is 6.12. The normalized spacial score (nSPS) is 11.3. The van der Waals surface area contributed by atoms with Gasteiger partial charge in [-0.15, -0.1) is 0 Å². The van der Waals surface area contributed by atoms with Crippen LogP contribution >= 0.6 is 0 Å². The molecule has 0 radical (unpaired) electrons. The topological polar surface area (TPSA) is 173 Å². The molecular weight excluding hydrogens is 1180 g/mol. The number of hydrogen-bond acceptors (Lipinski definition) is 11. The fourth-order valence-electron chi connectivity index (χ4n) is 12.8. The Morgan fingerprint density at radius 2 is 0.531 bits per heavy atom. The molecule has 13 heteroatoms. The van der Waals surface area contributed by atoms with Crippen LogP contribution in [-0.2, 0) is 0 Å². The Labute approximate surface area is 550 Å². The van der Waals surface area contributed by atoms with Gasteiger partial charge >= 0.3 is 0 Å². The molecule has 96 heavy (non-hydrogen) atoms. The number of hydrogen-bond donors (Lipinski definition) is 0. The van der Waals surface area contributed by atoms with Gasteiger partial charge < -0.3 is 9.13 Å². The highest BCUT2D eigenvalue weighted by Gasteiger charge is 2.25. The van der Waals surface area contributed by atoms with Gasteiger partial charge in [-0.25, -0.2) is 44.9 Å². The Balaban J connectivity index is 0.865. The zero-order valence-electron chi connectivity index (χ0n) is 51.1. The van der Waals surface area contributed by atoms with E-state index in [9.17, 15) is 10.5 Å². The number of nitriles is 2. The van der Waals surface area contributed by atoms with E-state index in [0.717, 1.165) is 105 Å². The summed E-state index contributed by atoms with van der Waals surface area (Å²) in [5.41, 5.74) is 15.3. The van der Waals surface area contributed by atoms with E-state index >= 15 is 0 Å². The highest BCUT2D eigenvalue weighted by atomic mass is 15.1. The van der Waals surface area contributed by atoms with Crippen LogP contribution < -0.4 is 0 Å². The molecule has 0 bridgehead atoms. The SMILES string of the molecule is N#Cc1ccc(-c2ccc(-c3nc(-c4ccccc4)nc(-c4cc(C#N)ccc4-n4c5ccccc5c5cc(-c6nc(-c7ccccc7)nc(-c7ccccc7)n6)ccc54)n3)c(-n3c4ccccc4c4cc(-c5nc(-c6ccccc6)nc(-c6ccccc6)n5)ccc43)c2)cc1. The fourth-order valence-corrected chi connectivity index (χ4v) is 12.8. The number of aromatic nitrogens is 11. The molecule has 0 spiro atoms. The Morgan fingerprint density at radius 3 is 0.958 bits per heavy atom. The van der Waals surface area contributed by atoms with Gasteiger partial charge in [0.1, 0.15) is 0 Å². The standard InChI is InChI=1S/C83H49N13/c84-50-52-34-37-54(38-35-52)60-39-42-65(74(49-60)96-70-33-19-17-31-64(70)67-48-62(41-45-72(67)96)81-90-77(57-24-10-3-11-25-57)87-78(91-81)58-26-12-4-13-27-58)82-92-79(59-28-14-5-15-29-59)93-83(94-82)68-46-53(51-85)36-43-73(68)95-69-32-18-16-30-63(69)66-47-61(40-44-71(66)95)80-88-75(55-20-6-1-7-21-55)86-76(89-80)56-22-8-2-9-23-56/h1-49H. The van der Waals surface area contributed by atoms with E-state index in [1.165, 1.54) is 0 Å². The molecule has 0 atom stereocenters. The van der Waals surface area contributed by atoms with Crippen LogP contribution in [0.4, 0.5) is 0 Å². The third kappa shape index (κ3) is 10.2. The van der Waals surface area contributed by atoms with Crippen LogP contribution in [0.5, 0.6) is 0 Å². The van der Waals surface area contributed by atoms with Crippen molar-refractivity contribution < 1.29 is 0 Å². The minimum absolute atomic E-state index is 0.358. The van der Waals surface area contributed by atoms with Crippen molar-refractivity contribution in [2.24, 2.45) is 0 Å². The number of rotatable bonds is 12. The van der Waals surface area contributed by atoms with E-state index in [1.54, 1.807) is 0 Å². The third-order valence-electron chi connectivity index (χ3n) is 17.4. The zero-order valence-corrected chi connectivity index (χ0v) is 51.1. The second-order valence-corrected chi connectivity index (χ2v) is 23.2. The molecule has 0 aliphatic rings. The van der Waals surface area contributed by atoms with Gasteiger partial charge in [-0.05, 0) is 102 Å². The van der Waals surface area contributed by atoms with Crippen molar-refractivity contribution in [3.63, 3.8) is 0 Å². The first-order chi connectivity index (χ1) is 47.5. The van der Waals surface area contributed by atoms with Gasteiger partial charge in [0.25, 0.3) is 0 Å². The number of benzene rings is 12. The molecule has 17 rings (SSSR count). The molecule has 5 aromatic heterocycles. The molecule has 5 heterocycles. The van der Waals surface area contributed by atoms with Crippen molar-refractivity contribution in [2.75, 3.05) is 0 Å². The molecule has 446 valence electrons. The van der Waals surface area contributed by atoms with E-state index in [1.807, 2.05) is 206 Å². The largest absolute Gasteiger partial charge is 0.308 e. The Bertz CT molecular complexity index is 5850. The minimum Gasteiger partial charge on any atom is -0.308 e. The second-order valence-electron chi connectivity index (χ2n) is 23.2. The van der Waals surface area contributed by atoms with Gasteiger partial charge in [0, 0.05) is 71.6 Å². The van der Waals surface area contributed by atoms with Gasteiger partial charge in [-0.2, -0.15) is 10.5 Å². The average Bonchev–Trinajstić information content (AvgIpc) is 1.53. The first-order valence-electron chi connectivity index (χ1n) is 31.3. The highest BCUT2D eigenvalue weighted by Crippen LogP contribution is 2.43. The minimum atomic E-state index is 0.358. The van der Waals surface area contributed by atoms with Crippen LogP contribution in [0.25, 0.3) is 169 Å². The van der Waals surface area contributed by atoms with E-state index in [-0.39, 0.29) is 0 Å². The van der Waals surface area contributed by atoms with Crippen molar-refractivity contribution in [1.82, 2.24) is 54.0 Å². The monoisotopic (exact) mass is 1230 g/mol. The summed E-state index contributed by atoms with van der Waals surface area (Å²) < 4.78 is 4.50. The zero-order chi connectivity index (χ0) is 64.1. The molecule has 0 aliphatic heterocycles. The van der Waals surface area contributed by atoms with Crippen LogP contribution in [-0.4, -0.2) is 54.0 Å². The Kier molecular flexibility index (Phi) is 13.9. The number of para-hydroxylation sites is 2. The van der Waals surface area contributed by atoms with Crippen molar-refractivity contribution >= 4 is 43.6 Å². The lowest BCUT2D eigenvalue weighted by atomic mass is 10.00. The molecule has 0 aliphatic carbocycles. The molecule has 0 amide bonds. The van der Waals surface area contributed by atoms with Gasteiger partial charge in [0.05, 0.1) is 56.7 Å². The Morgan fingerprint density at radius 1 is 0.208 bits per heavy atom. The van der Waals surface area contributed by atoms with Crippen molar-refractivity contribution in [3.05, 3.63) is 308 Å². The number of nitrogens with zero attached hydrogens (tertiary/aromatic N) is 13.